The SMILES string of the molecule is Cc1ncsc1CCOCCn1cc(N)ccc1=O. The van der Waals surface area contributed by atoms with Crippen LogP contribution in [0, 0.1) is 6.92 Å². The minimum atomic E-state index is -0.0592. The largest absolute Gasteiger partial charge is 0.398 e. The highest BCUT2D eigenvalue weighted by Gasteiger charge is 2.01. The van der Waals surface area contributed by atoms with Crippen molar-refractivity contribution in [3.63, 3.8) is 0 Å². The Kier molecular flexibility index (Phi) is 4.70. The number of rotatable bonds is 6. The van der Waals surface area contributed by atoms with Gasteiger partial charge in [-0.2, -0.15) is 0 Å². The number of hydrogen-bond donors (Lipinski definition) is 1. The molecule has 0 aliphatic heterocycles. The van der Waals surface area contributed by atoms with Crippen LogP contribution in [0.3, 0.4) is 0 Å². The maximum Gasteiger partial charge on any atom is 0.250 e. The number of thiazole rings is 1. The Morgan fingerprint density at radius 3 is 3.00 bits per heavy atom. The molecule has 2 heterocycles. The van der Waals surface area contributed by atoms with Crippen LogP contribution in [-0.4, -0.2) is 22.8 Å². The first-order valence-electron chi connectivity index (χ1n) is 6.09. The lowest BCUT2D eigenvalue weighted by Gasteiger charge is -2.07. The van der Waals surface area contributed by atoms with E-state index in [1.54, 1.807) is 28.2 Å². The van der Waals surface area contributed by atoms with E-state index in [1.807, 2.05) is 12.4 Å². The zero-order valence-electron chi connectivity index (χ0n) is 10.8. The maximum atomic E-state index is 11.5. The summed E-state index contributed by atoms with van der Waals surface area (Å²) in [5, 5.41) is 0. The third-order valence-electron chi connectivity index (χ3n) is 2.80. The van der Waals surface area contributed by atoms with Gasteiger partial charge in [0.25, 0.3) is 5.56 Å². The zero-order valence-corrected chi connectivity index (χ0v) is 11.7. The van der Waals surface area contributed by atoms with Crippen LogP contribution >= 0.6 is 11.3 Å². The highest BCUT2D eigenvalue weighted by Crippen LogP contribution is 2.12. The van der Waals surface area contributed by atoms with Crippen molar-refractivity contribution in [3.8, 4) is 0 Å². The minimum Gasteiger partial charge on any atom is -0.398 e. The van der Waals surface area contributed by atoms with Crippen LogP contribution < -0.4 is 11.3 Å². The Morgan fingerprint density at radius 1 is 1.42 bits per heavy atom. The fourth-order valence-corrected chi connectivity index (χ4v) is 2.48. The van der Waals surface area contributed by atoms with Crippen molar-refractivity contribution in [1.29, 1.82) is 0 Å². The van der Waals surface area contributed by atoms with Gasteiger partial charge in [0.05, 0.1) is 24.4 Å². The first kappa shape index (κ1) is 13.8. The van der Waals surface area contributed by atoms with Gasteiger partial charge < -0.3 is 15.0 Å². The predicted octanol–water partition coefficient (Wildman–Crippen LogP) is 1.45. The molecule has 0 spiro atoms. The summed E-state index contributed by atoms with van der Waals surface area (Å²) in [6, 6.07) is 3.07. The van der Waals surface area contributed by atoms with E-state index in [2.05, 4.69) is 4.98 Å². The number of nitrogens with zero attached hydrogens (tertiary/aromatic N) is 2. The van der Waals surface area contributed by atoms with E-state index in [0.29, 0.717) is 25.4 Å². The molecule has 2 N–H and O–H groups in total. The Balaban J connectivity index is 1.74. The third-order valence-corrected chi connectivity index (χ3v) is 3.80. The molecular formula is C13H17N3O2S. The summed E-state index contributed by atoms with van der Waals surface area (Å²) in [6.45, 7) is 3.66. The fourth-order valence-electron chi connectivity index (χ4n) is 1.72. The molecule has 0 fully saturated rings. The summed E-state index contributed by atoms with van der Waals surface area (Å²) in [5.74, 6) is 0. The normalized spacial score (nSPS) is 10.8. The van der Waals surface area contributed by atoms with E-state index < -0.39 is 0 Å². The summed E-state index contributed by atoms with van der Waals surface area (Å²) in [4.78, 5) is 17.0. The second-order valence-corrected chi connectivity index (χ2v) is 5.16. The van der Waals surface area contributed by atoms with Crippen LogP contribution in [-0.2, 0) is 17.7 Å². The average molecular weight is 279 g/mol. The van der Waals surface area contributed by atoms with Gasteiger partial charge >= 0.3 is 0 Å². The van der Waals surface area contributed by atoms with Crippen molar-refractivity contribution >= 4 is 17.0 Å². The molecule has 102 valence electrons. The molecular weight excluding hydrogens is 262 g/mol. The molecule has 0 atom stereocenters. The monoisotopic (exact) mass is 279 g/mol. The summed E-state index contributed by atoms with van der Waals surface area (Å²) < 4.78 is 7.10. The third kappa shape index (κ3) is 3.90. The zero-order chi connectivity index (χ0) is 13.7. The number of aryl methyl sites for hydroxylation is 1. The van der Waals surface area contributed by atoms with Gasteiger partial charge in [-0.25, -0.2) is 4.98 Å². The molecule has 0 radical (unpaired) electrons. The second-order valence-electron chi connectivity index (χ2n) is 4.22. The molecule has 5 nitrogen and oxygen atoms in total. The van der Waals surface area contributed by atoms with Crippen LogP contribution in [0.2, 0.25) is 0 Å². The highest BCUT2D eigenvalue weighted by atomic mass is 32.1. The Morgan fingerprint density at radius 2 is 2.26 bits per heavy atom. The standard InChI is InChI=1S/C13H17N3O2S/c1-10-12(19-9-15-10)4-6-18-7-5-16-8-11(14)2-3-13(16)17/h2-3,8-9H,4-7,14H2,1H3. The van der Waals surface area contributed by atoms with Gasteiger partial charge in [0.1, 0.15) is 0 Å². The maximum absolute atomic E-state index is 11.5. The lowest BCUT2D eigenvalue weighted by atomic mass is 10.3. The Bertz CT molecular complexity index is 592. The van der Waals surface area contributed by atoms with Crippen LogP contribution in [0.15, 0.2) is 28.6 Å². The molecule has 0 aliphatic rings. The Labute approximate surface area is 115 Å². The van der Waals surface area contributed by atoms with Crippen molar-refractivity contribution in [2.45, 2.75) is 19.9 Å². The molecule has 19 heavy (non-hydrogen) atoms. The van der Waals surface area contributed by atoms with E-state index in [-0.39, 0.29) is 5.56 Å². The van der Waals surface area contributed by atoms with Crippen molar-refractivity contribution in [3.05, 3.63) is 44.8 Å². The second kappa shape index (κ2) is 6.49. The van der Waals surface area contributed by atoms with Gasteiger partial charge in [-0.05, 0) is 13.0 Å². The lowest BCUT2D eigenvalue weighted by molar-refractivity contribution is 0.129. The first-order valence-corrected chi connectivity index (χ1v) is 6.97. The molecule has 0 unspecified atom stereocenters. The molecule has 2 aromatic rings. The number of nitrogens with two attached hydrogens (primary N) is 1. The van der Waals surface area contributed by atoms with Crippen LogP contribution in [0.5, 0.6) is 0 Å². The predicted molar refractivity (Wildman–Crippen MR) is 76.5 cm³/mol. The quantitative estimate of drug-likeness (QED) is 0.813. The van der Waals surface area contributed by atoms with E-state index in [0.717, 1.165) is 12.1 Å². The van der Waals surface area contributed by atoms with Gasteiger partial charge in [0, 0.05) is 35.8 Å². The van der Waals surface area contributed by atoms with Crippen molar-refractivity contribution < 1.29 is 4.74 Å². The molecule has 0 saturated carbocycles. The van der Waals surface area contributed by atoms with Gasteiger partial charge in [0.2, 0.25) is 0 Å². The lowest BCUT2D eigenvalue weighted by Crippen LogP contribution is -2.21. The molecule has 0 aromatic carbocycles. The molecule has 0 bridgehead atoms. The molecule has 0 amide bonds. The van der Waals surface area contributed by atoms with Crippen LogP contribution in [0.25, 0.3) is 0 Å². The van der Waals surface area contributed by atoms with Crippen LogP contribution in [0.1, 0.15) is 10.6 Å². The average Bonchev–Trinajstić information content (AvgIpc) is 2.79. The number of nitrogen functional groups attached to an aromatic ring is 1. The van der Waals surface area contributed by atoms with Crippen molar-refractivity contribution in [2.24, 2.45) is 0 Å². The molecule has 2 aromatic heterocycles. The summed E-state index contributed by atoms with van der Waals surface area (Å²) >= 11 is 1.65. The van der Waals surface area contributed by atoms with Crippen molar-refractivity contribution in [1.82, 2.24) is 9.55 Å². The first-order chi connectivity index (χ1) is 9.16. The fraction of sp³-hybridized carbons (Fsp3) is 0.385. The van der Waals surface area contributed by atoms with Gasteiger partial charge in [-0.1, -0.05) is 0 Å². The van der Waals surface area contributed by atoms with Gasteiger partial charge in [-0.15, -0.1) is 11.3 Å². The number of pyridine rings is 1. The van der Waals surface area contributed by atoms with Crippen LogP contribution in [0.4, 0.5) is 5.69 Å². The van der Waals surface area contributed by atoms with E-state index in [9.17, 15) is 4.79 Å². The minimum absolute atomic E-state index is 0.0592. The molecule has 2 rings (SSSR count). The molecule has 6 heteroatoms. The van der Waals surface area contributed by atoms with E-state index in [1.165, 1.54) is 10.9 Å². The Hall–Kier alpha value is -1.66. The number of hydrogen-bond acceptors (Lipinski definition) is 5. The number of ether oxygens (including phenoxy) is 1. The van der Waals surface area contributed by atoms with Crippen molar-refractivity contribution in [2.75, 3.05) is 18.9 Å². The summed E-state index contributed by atoms with van der Waals surface area (Å²) in [6.07, 6.45) is 2.50. The number of anilines is 1. The molecule has 0 saturated heterocycles. The summed E-state index contributed by atoms with van der Waals surface area (Å²) in [7, 11) is 0. The summed E-state index contributed by atoms with van der Waals surface area (Å²) in [5.41, 5.74) is 9.07. The van der Waals surface area contributed by atoms with E-state index in [4.69, 9.17) is 10.5 Å². The van der Waals surface area contributed by atoms with Gasteiger partial charge in [-0.3, -0.25) is 4.79 Å². The topological polar surface area (TPSA) is 70.1 Å². The number of aromatic nitrogens is 2. The smallest absolute Gasteiger partial charge is 0.250 e. The van der Waals surface area contributed by atoms with Gasteiger partial charge in [0.15, 0.2) is 0 Å². The highest BCUT2D eigenvalue weighted by molar-refractivity contribution is 7.09. The van der Waals surface area contributed by atoms with E-state index >= 15 is 0 Å². The molecule has 0 aliphatic carbocycles.